The summed E-state index contributed by atoms with van der Waals surface area (Å²) in [5.41, 5.74) is -1.17. The number of amidine groups is 1. The Morgan fingerprint density at radius 3 is 2.63 bits per heavy atom. The van der Waals surface area contributed by atoms with Crippen LogP contribution < -0.4 is 5.32 Å². The molecular formula is C22H25FN4O6S2. The number of amides is 1. The van der Waals surface area contributed by atoms with Crippen LogP contribution in [0.5, 0.6) is 0 Å². The number of halogens is 1. The van der Waals surface area contributed by atoms with Gasteiger partial charge in [0.25, 0.3) is 5.91 Å². The van der Waals surface area contributed by atoms with Crippen LogP contribution in [0.3, 0.4) is 0 Å². The highest BCUT2D eigenvalue weighted by molar-refractivity contribution is 8.14. The summed E-state index contributed by atoms with van der Waals surface area (Å²) < 4.78 is 46.6. The summed E-state index contributed by atoms with van der Waals surface area (Å²) in [6, 6.07) is 1.64. The molecule has 0 bridgehead atoms. The lowest BCUT2D eigenvalue weighted by Crippen LogP contribution is -2.37. The predicted octanol–water partition coefficient (Wildman–Crippen LogP) is 2.54. The number of alkyl halides is 1. The maximum Gasteiger partial charge on any atom is 0.335 e. The predicted molar refractivity (Wildman–Crippen MR) is 127 cm³/mol. The fourth-order valence-electron chi connectivity index (χ4n) is 4.50. The number of carbonyl (C=O) groups excluding carboxylic acids is 1. The quantitative estimate of drug-likeness (QED) is 0.563. The Kier molecular flexibility index (Phi) is 6.57. The molecule has 1 saturated carbocycles. The van der Waals surface area contributed by atoms with E-state index in [4.69, 9.17) is 4.74 Å². The Labute approximate surface area is 205 Å². The number of benzene rings is 1. The average molecular weight is 525 g/mol. The second kappa shape index (κ2) is 9.51. The number of hydrogen-bond acceptors (Lipinski definition) is 8. The Balaban J connectivity index is 1.58. The molecule has 1 aliphatic carbocycles. The molecule has 2 atom stereocenters. The van der Waals surface area contributed by atoms with Crippen LogP contribution in [-0.4, -0.2) is 70.9 Å². The largest absolute Gasteiger partial charge is 0.478 e. The van der Waals surface area contributed by atoms with Crippen LogP contribution in [0.4, 0.5) is 4.39 Å². The summed E-state index contributed by atoms with van der Waals surface area (Å²) in [6.45, 7) is 1.09. The van der Waals surface area contributed by atoms with Crippen LogP contribution in [-0.2, 0) is 19.4 Å². The molecule has 2 aromatic rings. The third-order valence-corrected chi connectivity index (χ3v) is 9.70. The van der Waals surface area contributed by atoms with Crippen LogP contribution in [0.25, 0.3) is 10.9 Å². The van der Waals surface area contributed by atoms with E-state index in [2.05, 4.69) is 15.4 Å². The van der Waals surface area contributed by atoms with Gasteiger partial charge in [0.2, 0.25) is 0 Å². The Morgan fingerprint density at radius 2 is 2.00 bits per heavy atom. The first-order valence-corrected chi connectivity index (χ1v) is 13.9. The van der Waals surface area contributed by atoms with Gasteiger partial charge in [-0.15, -0.1) is 0 Å². The van der Waals surface area contributed by atoms with Gasteiger partial charge in [-0.2, -0.15) is 5.10 Å². The van der Waals surface area contributed by atoms with Crippen molar-refractivity contribution in [3.05, 3.63) is 23.9 Å². The van der Waals surface area contributed by atoms with Gasteiger partial charge in [0.1, 0.15) is 6.04 Å². The Hall–Kier alpha value is -2.51. The molecule has 1 saturated heterocycles. The molecule has 0 spiro atoms. The maximum atomic E-state index is 13.6. The zero-order chi connectivity index (χ0) is 24.7. The molecule has 3 aliphatic rings. The lowest BCUT2D eigenvalue weighted by molar-refractivity contribution is -0.123. The van der Waals surface area contributed by atoms with Crippen molar-refractivity contribution in [2.24, 2.45) is 10.9 Å². The van der Waals surface area contributed by atoms with Crippen molar-refractivity contribution in [3.8, 4) is 0 Å². The molecule has 1 amide bonds. The van der Waals surface area contributed by atoms with Gasteiger partial charge in [-0.25, -0.2) is 17.6 Å². The Morgan fingerprint density at radius 1 is 1.26 bits per heavy atom. The molecule has 2 aliphatic heterocycles. The first kappa shape index (κ1) is 24.2. The normalized spacial score (nSPS) is 22.2. The molecule has 1 aromatic heterocycles. The third-order valence-electron chi connectivity index (χ3n) is 6.54. The monoisotopic (exact) mass is 524 g/mol. The van der Waals surface area contributed by atoms with Gasteiger partial charge >= 0.3 is 5.97 Å². The summed E-state index contributed by atoms with van der Waals surface area (Å²) in [5, 5.41) is 16.6. The molecule has 13 heteroatoms. The molecular weight excluding hydrogens is 499 g/mol. The number of carbonyl (C=O) groups is 2. The molecule has 2 fully saturated rings. The van der Waals surface area contributed by atoms with Crippen LogP contribution in [0.2, 0.25) is 0 Å². The first-order chi connectivity index (χ1) is 16.7. The molecule has 3 heterocycles. The van der Waals surface area contributed by atoms with E-state index in [-0.39, 0.29) is 39.0 Å². The fourth-order valence-corrected chi connectivity index (χ4v) is 7.07. The lowest BCUT2D eigenvalue weighted by Gasteiger charge is -2.26. The molecule has 0 radical (unpaired) electrons. The minimum Gasteiger partial charge on any atom is -0.478 e. The zero-order valence-electron chi connectivity index (χ0n) is 18.7. The van der Waals surface area contributed by atoms with E-state index < -0.39 is 38.5 Å². The van der Waals surface area contributed by atoms with Gasteiger partial charge < -0.3 is 15.2 Å². The number of nitrogens with zero attached hydrogens (tertiary/aromatic N) is 3. The number of aromatic nitrogens is 2. The topological polar surface area (TPSA) is 140 Å². The van der Waals surface area contributed by atoms with Crippen LogP contribution in [0.15, 0.2) is 28.2 Å². The molecule has 35 heavy (non-hydrogen) atoms. The summed E-state index contributed by atoms with van der Waals surface area (Å²) in [6.07, 6.45) is 4.30. The average Bonchev–Trinajstić information content (AvgIpc) is 3.51. The number of carboxylic acid groups (broad SMARTS) is 1. The zero-order valence-corrected chi connectivity index (χ0v) is 20.4. The smallest absolute Gasteiger partial charge is 0.335 e. The molecule has 188 valence electrons. The third kappa shape index (κ3) is 4.94. The number of carboxylic acids is 1. The number of ether oxygens (including phenoxy) is 1. The maximum absolute atomic E-state index is 13.6. The molecule has 5 rings (SSSR count). The standard InChI is InChI=1S/C22H25FN4O6S2/c23-19-11-24-22(34-19)26-20(28)17(7-12-3-5-33-6-4-12)27-16-8-13(21(29)30)9-18(15(16)10-25-27)35(31,32)14-1-2-14/h8-10,12,14,17,19H,1-7,11H2,(H,29,30)(H,24,26,28). The van der Waals surface area contributed by atoms with Crippen molar-refractivity contribution in [1.29, 1.82) is 0 Å². The number of fused-ring (bicyclic) bond motifs is 1. The van der Waals surface area contributed by atoms with Crippen molar-refractivity contribution >= 4 is 49.5 Å². The number of rotatable bonds is 7. The van der Waals surface area contributed by atoms with Crippen LogP contribution in [0.1, 0.15) is 48.5 Å². The van der Waals surface area contributed by atoms with Crippen LogP contribution >= 0.6 is 11.8 Å². The SMILES string of the molecule is O=C(O)c1cc(S(=O)(=O)C2CC2)c2cnn(C(CC3CCOCC3)C(=O)NC3=NCC(F)S3)c2c1. The number of nitrogens with one attached hydrogen (secondary N) is 1. The van der Waals surface area contributed by atoms with Gasteiger partial charge in [0, 0.05) is 18.6 Å². The van der Waals surface area contributed by atoms with Crippen molar-refractivity contribution < 1.29 is 32.2 Å². The summed E-state index contributed by atoms with van der Waals surface area (Å²) >= 11 is 0.825. The number of aliphatic imine (C=N–C) groups is 1. The van der Waals surface area contributed by atoms with Crippen molar-refractivity contribution in [2.75, 3.05) is 19.8 Å². The van der Waals surface area contributed by atoms with Crippen molar-refractivity contribution in [2.45, 2.75) is 53.8 Å². The van der Waals surface area contributed by atoms with E-state index in [1.54, 1.807) is 0 Å². The van der Waals surface area contributed by atoms with Crippen LogP contribution in [0, 0.1) is 5.92 Å². The highest BCUT2D eigenvalue weighted by Crippen LogP contribution is 2.38. The summed E-state index contributed by atoms with van der Waals surface area (Å²) in [7, 11) is -3.73. The van der Waals surface area contributed by atoms with E-state index in [1.807, 2.05) is 0 Å². The van der Waals surface area contributed by atoms with Gasteiger partial charge in [-0.1, -0.05) is 0 Å². The Bertz CT molecular complexity index is 1300. The van der Waals surface area contributed by atoms with E-state index in [1.165, 1.54) is 23.0 Å². The number of thioether (sulfide) groups is 1. The number of aromatic carboxylic acids is 1. The molecule has 10 nitrogen and oxygen atoms in total. The van der Waals surface area contributed by atoms with E-state index in [0.717, 1.165) is 24.6 Å². The van der Waals surface area contributed by atoms with E-state index in [9.17, 15) is 27.5 Å². The minimum absolute atomic E-state index is 0.0417. The number of hydrogen-bond donors (Lipinski definition) is 2. The summed E-state index contributed by atoms with van der Waals surface area (Å²) in [5.74, 6) is -1.60. The van der Waals surface area contributed by atoms with Gasteiger partial charge in [0.05, 0.1) is 34.0 Å². The highest BCUT2D eigenvalue weighted by Gasteiger charge is 2.39. The molecule has 1 aromatic carbocycles. The number of sulfone groups is 1. The second-order valence-corrected chi connectivity index (χ2v) is 12.3. The van der Waals surface area contributed by atoms with Gasteiger partial charge in [0.15, 0.2) is 20.5 Å². The fraction of sp³-hybridized carbons (Fsp3) is 0.545. The molecule has 2 N–H and O–H groups in total. The van der Waals surface area contributed by atoms with Crippen molar-refractivity contribution in [3.63, 3.8) is 0 Å². The van der Waals surface area contributed by atoms with Crippen molar-refractivity contribution in [1.82, 2.24) is 15.1 Å². The van der Waals surface area contributed by atoms with Gasteiger partial charge in [-0.3, -0.25) is 14.5 Å². The molecule has 2 unspecified atom stereocenters. The van der Waals surface area contributed by atoms with E-state index in [0.29, 0.717) is 32.5 Å². The second-order valence-electron chi connectivity index (χ2n) is 9.02. The van der Waals surface area contributed by atoms with E-state index >= 15 is 0 Å². The van der Waals surface area contributed by atoms with Gasteiger partial charge in [-0.05, 0) is 61.9 Å². The minimum atomic E-state index is -3.73. The highest BCUT2D eigenvalue weighted by atomic mass is 32.2. The summed E-state index contributed by atoms with van der Waals surface area (Å²) in [4.78, 5) is 29.2. The first-order valence-electron chi connectivity index (χ1n) is 11.5. The lowest BCUT2D eigenvalue weighted by atomic mass is 9.92.